The lowest BCUT2D eigenvalue weighted by molar-refractivity contribution is 0.126. The average molecular weight is 411 g/mol. The summed E-state index contributed by atoms with van der Waals surface area (Å²) in [5.41, 5.74) is 0.986. The molecule has 2 aromatic carbocycles. The van der Waals surface area contributed by atoms with E-state index in [-0.39, 0.29) is 13.4 Å². The number of hydrogen-bond donors (Lipinski definition) is 1. The molecule has 0 aliphatic carbocycles. The van der Waals surface area contributed by atoms with E-state index in [4.69, 9.17) is 14.2 Å². The Bertz CT molecular complexity index is 977. The standard InChI is InChI=1S/C21H21N3O4S/c1-2-10-24-20(15-6-4-3-5-7-15)22-23-21(24)29-13-16(25)12-26-17-8-9-18-19(11-17)28-14-27-18/h2-9,11,16,25H,1,10,12-14H2. The molecule has 1 aromatic heterocycles. The molecule has 1 atom stereocenters. The minimum absolute atomic E-state index is 0.160. The van der Waals surface area contributed by atoms with Gasteiger partial charge in [0.15, 0.2) is 22.5 Å². The molecule has 0 bridgehead atoms. The molecule has 3 aromatic rings. The van der Waals surface area contributed by atoms with Gasteiger partial charge < -0.3 is 19.3 Å². The van der Waals surface area contributed by atoms with Gasteiger partial charge in [0.05, 0.1) is 6.10 Å². The molecule has 4 rings (SSSR count). The van der Waals surface area contributed by atoms with Gasteiger partial charge in [-0.2, -0.15) is 0 Å². The second-order valence-electron chi connectivity index (χ2n) is 6.36. The predicted octanol–water partition coefficient (Wildman–Crippen LogP) is 3.39. The molecule has 8 heteroatoms. The van der Waals surface area contributed by atoms with Crippen LogP contribution in [0.3, 0.4) is 0 Å². The van der Waals surface area contributed by atoms with E-state index in [1.165, 1.54) is 11.8 Å². The number of benzene rings is 2. The fourth-order valence-electron chi connectivity index (χ4n) is 2.87. The molecule has 2 heterocycles. The SMILES string of the molecule is C=CCn1c(SCC(O)COc2ccc3c(c2)OCO3)nnc1-c1ccccc1. The van der Waals surface area contributed by atoms with E-state index in [0.29, 0.717) is 29.5 Å². The van der Waals surface area contributed by atoms with Crippen molar-refractivity contribution in [2.24, 2.45) is 0 Å². The summed E-state index contributed by atoms with van der Waals surface area (Å²) >= 11 is 1.43. The lowest BCUT2D eigenvalue weighted by Gasteiger charge is -2.13. The van der Waals surface area contributed by atoms with Crippen molar-refractivity contribution in [3.63, 3.8) is 0 Å². The van der Waals surface area contributed by atoms with Crippen molar-refractivity contribution >= 4 is 11.8 Å². The van der Waals surface area contributed by atoms with Crippen LogP contribution in [0.1, 0.15) is 0 Å². The van der Waals surface area contributed by atoms with Gasteiger partial charge in [0.2, 0.25) is 6.79 Å². The first-order valence-electron chi connectivity index (χ1n) is 9.17. The Hall–Kier alpha value is -2.97. The molecule has 1 N–H and O–H groups in total. The van der Waals surface area contributed by atoms with E-state index in [2.05, 4.69) is 16.8 Å². The lowest BCUT2D eigenvalue weighted by Crippen LogP contribution is -2.20. The Morgan fingerprint density at radius 3 is 2.83 bits per heavy atom. The summed E-state index contributed by atoms with van der Waals surface area (Å²) in [5.74, 6) is 3.18. The molecule has 0 amide bonds. The highest BCUT2D eigenvalue weighted by Crippen LogP contribution is 2.35. The van der Waals surface area contributed by atoms with Crippen LogP contribution in [0.4, 0.5) is 0 Å². The third-order valence-electron chi connectivity index (χ3n) is 4.25. The Morgan fingerprint density at radius 2 is 2.00 bits per heavy atom. The van der Waals surface area contributed by atoms with Crippen molar-refractivity contribution in [2.75, 3.05) is 19.2 Å². The number of thioether (sulfide) groups is 1. The Kier molecular flexibility index (Phi) is 6.02. The van der Waals surface area contributed by atoms with Crippen LogP contribution in [-0.4, -0.2) is 45.1 Å². The first-order chi connectivity index (χ1) is 14.2. The first-order valence-corrected chi connectivity index (χ1v) is 10.2. The normalized spacial score (nSPS) is 13.3. The Labute approximate surface area is 172 Å². The first kappa shape index (κ1) is 19.4. The summed E-state index contributed by atoms with van der Waals surface area (Å²) in [4.78, 5) is 0. The van der Waals surface area contributed by atoms with E-state index in [9.17, 15) is 5.11 Å². The van der Waals surface area contributed by atoms with Gasteiger partial charge in [0.25, 0.3) is 0 Å². The van der Waals surface area contributed by atoms with Crippen molar-refractivity contribution in [2.45, 2.75) is 17.8 Å². The molecule has 0 saturated carbocycles. The smallest absolute Gasteiger partial charge is 0.231 e. The van der Waals surface area contributed by atoms with Crippen LogP contribution in [0, 0.1) is 0 Å². The number of rotatable bonds is 9. The number of aliphatic hydroxyl groups excluding tert-OH is 1. The van der Waals surface area contributed by atoms with Crippen molar-refractivity contribution in [3.05, 3.63) is 61.2 Å². The summed E-state index contributed by atoms with van der Waals surface area (Å²) in [6.45, 7) is 4.78. The predicted molar refractivity (Wildman–Crippen MR) is 110 cm³/mol. The van der Waals surface area contributed by atoms with Crippen LogP contribution >= 0.6 is 11.8 Å². The quantitative estimate of drug-likeness (QED) is 0.427. The van der Waals surface area contributed by atoms with Crippen molar-refractivity contribution in [1.82, 2.24) is 14.8 Å². The van der Waals surface area contributed by atoms with Gasteiger partial charge in [-0.25, -0.2) is 0 Å². The number of allylic oxidation sites excluding steroid dienone is 1. The second kappa shape index (κ2) is 9.02. The maximum absolute atomic E-state index is 10.3. The van der Waals surface area contributed by atoms with Gasteiger partial charge in [-0.05, 0) is 12.1 Å². The molecule has 150 valence electrons. The molecule has 1 aliphatic rings. The van der Waals surface area contributed by atoms with Crippen LogP contribution in [0.15, 0.2) is 66.3 Å². The molecular weight excluding hydrogens is 390 g/mol. The minimum Gasteiger partial charge on any atom is -0.491 e. The highest BCUT2D eigenvalue weighted by Gasteiger charge is 2.17. The number of aliphatic hydroxyl groups is 1. The Balaban J connectivity index is 1.36. The van der Waals surface area contributed by atoms with Gasteiger partial charge in [-0.15, -0.1) is 16.8 Å². The third kappa shape index (κ3) is 4.55. The summed E-state index contributed by atoms with van der Waals surface area (Å²) in [5, 5.41) is 19.7. The zero-order valence-electron chi connectivity index (χ0n) is 15.7. The van der Waals surface area contributed by atoms with E-state index < -0.39 is 6.10 Å². The number of hydrogen-bond acceptors (Lipinski definition) is 7. The van der Waals surface area contributed by atoms with Crippen LogP contribution < -0.4 is 14.2 Å². The Morgan fingerprint density at radius 1 is 1.17 bits per heavy atom. The van der Waals surface area contributed by atoms with E-state index in [1.807, 2.05) is 34.9 Å². The fourth-order valence-corrected chi connectivity index (χ4v) is 3.72. The van der Waals surface area contributed by atoms with Gasteiger partial charge in [0.1, 0.15) is 12.4 Å². The van der Waals surface area contributed by atoms with E-state index in [1.54, 1.807) is 24.3 Å². The van der Waals surface area contributed by atoms with Gasteiger partial charge >= 0.3 is 0 Å². The zero-order valence-corrected chi connectivity index (χ0v) is 16.5. The molecule has 0 saturated heterocycles. The molecule has 7 nitrogen and oxygen atoms in total. The van der Waals surface area contributed by atoms with E-state index in [0.717, 1.165) is 16.5 Å². The number of ether oxygens (including phenoxy) is 3. The maximum Gasteiger partial charge on any atom is 0.231 e. The molecule has 0 radical (unpaired) electrons. The number of nitrogens with zero attached hydrogens (tertiary/aromatic N) is 3. The summed E-state index contributed by atoms with van der Waals surface area (Å²) < 4.78 is 18.3. The van der Waals surface area contributed by atoms with Crippen molar-refractivity contribution in [3.8, 4) is 28.6 Å². The van der Waals surface area contributed by atoms with Crippen molar-refractivity contribution < 1.29 is 19.3 Å². The van der Waals surface area contributed by atoms with Gasteiger partial charge in [0, 0.05) is 23.9 Å². The fraction of sp³-hybridized carbons (Fsp3) is 0.238. The topological polar surface area (TPSA) is 78.6 Å². The molecular formula is C21H21N3O4S. The minimum atomic E-state index is -0.667. The summed E-state index contributed by atoms with van der Waals surface area (Å²) in [7, 11) is 0. The highest BCUT2D eigenvalue weighted by molar-refractivity contribution is 7.99. The number of fused-ring (bicyclic) bond motifs is 1. The van der Waals surface area contributed by atoms with Crippen LogP contribution in [0.2, 0.25) is 0 Å². The second-order valence-corrected chi connectivity index (χ2v) is 7.35. The lowest BCUT2D eigenvalue weighted by atomic mass is 10.2. The molecule has 0 spiro atoms. The molecule has 0 fully saturated rings. The third-order valence-corrected chi connectivity index (χ3v) is 5.36. The summed E-state index contributed by atoms with van der Waals surface area (Å²) in [6, 6.07) is 15.2. The van der Waals surface area contributed by atoms with Gasteiger partial charge in [-0.1, -0.05) is 48.2 Å². The monoisotopic (exact) mass is 411 g/mol. The highest BCUT2D eigenvalue weighted by atomic mass is 32.2. The zero-order chi connectivity index (χ0) is 20.1. The van der Waals surface area contributed by atoms with Gasteiger partial charge in [-0.3, -0.25) is 4.57 Å². The summed E-state index contributed by atoms with van der Waals surface area (Å²) in [6.07, 6.45) is 1.14. The molecule has 1 unspecified atom stereocenters. The molecule has 1 aliphatic heterocycles. The largest absolute Gasteiger partial charge is 0.491 e. The van der Waals surface area contributed by atoms with E-state index >= 15 is 0 Å². The molecule has 29 heavy (non-hydrogen) atoms. The van der Waals surface area contributed by atoms with Crippen LogP contribution in [0.5, 0.6) is 17.2 Å². The average Bonchev–Trinajstić information content (AvgIpc) is 3.38. The maximum atomic E-state index is 10.3. The van der Waals surface area contributed by atoms with Crippen LogP contribution in [-0.2, 0) is 6.54 Å². The van der Waals surface area contributed by atoms with Crippen LogP contribution in [0.25, 0.3) is 11.4 Å². The van der Waals surface area contributed by atoms with Crippen molar-refractivity contribution in [1.29, 1.82) is 0 Å². The number of aromatic nitrogens is 3.